The number of para-hydroxylation sites is 1. The van der Waals surface area contributed by atoms with E-state index in [1.807, 2.05) is 13.8 Å². The van der Waals surface area contributed by atoms with Crippen LogP contribution in [-0.2, 0) is 4.79 Å². The Kier molecular flexibility index (Phi) is 4.12. The first-order valence-electron chi connectivity index (χ1n) is 6.77. The zero-order valence-electron chi connectivity index (χ0n) is 12.0. The van der Waals surface area contributed by atoms with Crippen LogP contribution in [0.15, 0.2) is 22.6 Å². The highest BCUT2D eigenvalue weighted by Crippen LogP contribution is 2.24. The number of likely N-dealkylation sites (N-methyl/N-ethyl adjacent to an activating group) is 1. The van der Waals surface area contributed by atoms with Crippen molar-refractivity contribution in [2.75, 3.05) is 24.1 Å². The minimum Gasteiger partial charge on any atom is -0.423 e. The van der Waals surface area contributed by atoms with Gasteiger partial charge in [0.05, 0.1) is 5.69 Å². The number of aromatic nitrogens is 1. The van der Waals surface area contributed by atoms with Crippen LogP contribution in [-0.4, -0.2) is 34.9 Å². The van der Waals surface area contributed by atoms with E-state index in [1.165, 1.54) is 0 Å². The fourth-order valence-corrected chi connectivity index (χ4v) is 2.09. The van der Waals surface area contributed by atoms with Gasteiger partial charge in [0.1, 0.15) is 11.6 Å². The van der Waals surface area contributed by atoms with Crippen molar-refractivity contribution in [1.82, 2.24) is 9.88 Å². The summed E-state index contributed by atoms with van der Waals surface area (Å²) in [6, 6.07) is 5.27. The lowest BCUT2D eigenvalue weighted by molar-refractivity contribution is -0.131. The molecule has 0 saturated carbocycles. The highest BCUT2D eigenvalue weighted by Gasteiger charge is 2.20. The second-order valence-corrected chi connectivity index (χ2v) is 4.59. The maximum absolute atomic E-state index is 12.2. The van der Waals surface area contributed by atoms with Crippen molar-refractivity contribution in [1.29, 1.82) is 0 Å². The number of benzene rings is 1. The molecule has 0 saturated heterocycles. The summed E-state index contributed by atoms with van der Waals surface area (Å²) in [7, 11) is 0. The van der Waals surface area contributed by atoms with Crippen molar-refractivity contribution in [2.24, 2.45) is 0 Å². The SMILES string of the molecule is CCN(CC)C(=O)C(C)Nc1nc2c(N)cccc2o1. The van der Waals surface area contributed by atoms with Crippen LogP contribution in [0.5, 0.6) is 0 Å². The number of carbonyl (C=O) groups is 1. The van der Waals surface area contributed by atoms with Crippen molar-refractivity contribution >= 4 is 28.7 Å². The number of fused-ring (bicyclic) bond motifs is 1. The predicted molar refractivity (Wildman–Crippen MR) is 79.4 cm³/mol. The lowest BCUT2D eigenvalue weighted by atomic mass is 10.3. The second-order valence-electron chi connectivity index (χ2n) is 4.59. The molecule has 6 nitrogen and oxygen atoms in total. The number of carbonyl (C=O) groups excluding carboxylic acids is 1. The van der Waals surface area contributed by atoms with Gasteiger partial charge in [-0.05, 0) is 32.9 Å². The van der Waals surface area contributed by atoms with Crippen molar-refractivity contribution in [3.05, 3.63) is 18.2 Å². The molecule has 1 heterocycles. The Bertz CT molecular complexity index is 604. The number of hydrogen-bond acceptors (Lipinski definition) is 5. The summed E-state index contributed by atoms with van der Waals surface area (Å²) in [6.45, 7) is 7.06. The van der Waals surface area contributed by atoms with Crippen LogP contribution in [0.2, 0.25) is 0 Å². The number of nitrogen functional groups attached to an aromatic ring is 1. The van der Waals surface area contributed by atoms with Crippen LogP contribution in [0, 0.1) is 0 Å². The van der Waals surface area contributed by atoms with Crippen molar-refractivity contribution in [3.63, 3.8) is 0 Å². The molecule has 1 unspecified atom stereocenters. The van der Waals surface area contributed by atoms with E-state index >= 15 is 0 Å². The van der Waals surface area contributed by atoms with E-state index in [1.54, 1.807) is 30.0 Å². The Morgan fingerprint density at radius 1 is 1.45 bits per heavy atom. The van der Waals surface area contributed by atoms with Gasteiger partial charge in [-0.3, -0.25) is 4.79 Å². The molecular weight excluding hydrogens is 256 g/mol. The molecule has 0 spiro atoms. The summed E-state index contributed by atoms with van der Waals surface area (Å²) < 4.78 is 5.54. The van der Waals surface area contributed by atoms with Crippen LogP contribution in [0.3, 0.4) is 0 Å². The number of oxazole rings is 1. The summed E-state index contributed by atoms with van der Waals surface area (Å²) in [4.78, 5) is 18.2. The Hall–Kier alpha value is -2.24. The molecule has 0 aliphatic heterocycles. The van der Waals surface area contributed by atoms with E-state index in [2.05, 4.69) is 10.3 Å². The van der Waals surface area contributed by atoms with Gasteiger partial charge in [-0.25, -0.2) is 0 Å². The molecule has 3 N–H and O–H groups in total. The molecule has 0 bridgehead atoms. The third kappa shape index (κ3) is 2.68. The molecule has 0 aliphatic carbocycles. The molecule has 0 aliphatic rings. The maximum Gasteiger partial charge on any atom is 0.296 e. The standard InChI is InChI=1S/C14H20N4O2/c1-4-18(5-2)13(19)9(3)16-14-17-12-10(15)7-6-8-11(12)20-14/h6-9H,4-5,15H2,1-3H3,(H,16,17). The van der Waals surface area contributed by atoms with Gasteiger partial charge in [0.2, 0.25) is 5.91 Å². The molecule has 1 aromatic carbocycles. The highest BCUT2D eigenvalue weighted by atomic mass is 16.4. The smallest absolute Gasteiger partial charge is 0.296 e. The van der Waals surface area contributed by atoms with Gasteiger partial charge in [-0.1, -0.05) is 6.07 Å². The number of nitrogens with zero attached hydrogens (tertiary/aromatic N) is 2. The van der Waals surface area contributed by atoms with E-state index in [-0.39, 0.29) is 5.91 Å². The molecule has 1 amide bonds. The van der Waals surface area contributed by atoms with Crippen LogP contribution < -0.4 is 11.1 Å². The van der Waals surface area contributed by atoms with Crippen LogP contribution in [0.1, 0.15) is 20.8 Å². The molecule has 0 radical (unpaired) electrons. The monoisotopic (exact) mass is 276 g/mol. The Morgan fingerprint density at radius 3 is 2.75 bits per heavy atom. The summed E-state index contributed by atoms with van der Waals surface area (Å²) in [5.41, 5.74) is 7.60. The fraction of sp³-hybridized carbons (Fsp3) is 0.429. The molecule has 20 heavy (non-hydrogen) atoms. The number of nitrogens with one attached hydrogen (secondary N) is 1. The van der Waals surface area contributed by atoms with Crippen molar-refractivity contribution in [3.8, 4) is 0 Å². The van der Waals surface area contributed by atoms with Crippen LogP contribution in [0.25, 0.3) is 11.1 Å². The molecule has 2 aromatic rings. The average Bonchev–Trinajstić information content (AvgIpc) is 2.84. The first-order chi connectivity index (χ1) is 9.56. The van der Waals surface area contributed by atoms with Gasteiger partial charge in [0.25, 0.3) is 6.01 Å². The fourth-order valence-electron chi connectivity index (χ4n) is 2.09. The quantitative estimate of drug-likeness (QED) is 0.817. The lowest BCUT2D eigenvalue weighted by Gasteiger charge is -2.22. The van der Waals surface area contributed by atoms with Gasteiger partial charge in [0, 0.05) is 13.1 Å². The maximum atomic E-state index is 12.2. The van der Waals surface area contributed by atoms with Crippen molar-refractivity contribution in [2.45, 2.75) is 26.8 Å². The van der Waals surface area contributed by atoms with E-state index < -0.39 is 6.04 Å². The molecular formula is C14H20N4O2. The summed E-state index contributed by atoms with van der Waals surface area (Å²) in [5.74, 6) is 0.0187. The average molecular weight is 276 g/mol. The third-order valence-electron chi connectivity index (χ3n) is 3.24. The predicted octanol–water partition coefficient (Wildman–Crippen LogP) is 2.08. The summed E-state index contributed by atoms with van der Waals surface area (Å²) in [6.07, 6.45) is 0. The molecule has 1 atom stereocenters. The number of rotatable bonds is 5. The normalized spacial score (nSPS) is 12.3. The molecule has 2 rings (SSSR count). The summed E-state index contributed by atoms with van der Waals surface area (Å²) >= 11 is 0. The molecule has 0 fully saturated rings. The minimum absolute atomic E-state index is 0.0187. The van der Waals surface area contributed by atoms with Gasteiger partial charge >= 0.3 is 0 Å². The zero-order valence-corrected chi connectivity index (χ0v) is 12.0. The third-order valence-corrected chi connectivity index (χ3v) is 3.24. The molecule has 6 heteroatoms. The van der Waals surface area contributed by atoms with E-state index in [9.17, 15) is 4.79 Å². The lowest BCUT2D eigenvalue weighted by Crippen LogP contribution is -2.41. The topological polar surface area (TPSA) is 84.4 Å². The molecule has 1 aromatic heterocycles. The van der Waals surface area contributed by atoms with E-state index in [4.69, 9.17) is 10.2 Å². The minimum atomic E-state index is -0.399. The van der Waals surface area contributed by atoms with Crippen molar-refractivity contribution < 1.29 is 9.21 Å². The summed E-state index contributed by atoms with van der Waals surface area (Å²) in [5, 5.41) is 2.98. The zero-order chi connectivity index (χ0) is 14.7. The van der Waals surface area contributed by atoms with Crippen LogP contribution >= 0.6 is 0 Å². The number of anilines is 2. The first kappa shape index (κ1) is 14.2. The Morgan fingerprint density at radius 2 is 2.15 bits per heavy atom. The first-order valence-corrected chi connectivity index (χ1v) is 6.77. The van der Waals surface area contributed by atoms with Gasteiger partial charge < -0.3 is 20.4 Å². The Balaban J connectivity index is 2.15. The largest absolute Gasteiger partial charge is 0.423 e. The van der Waals surface area contributed by atoms with E-state index in [0.29, 0.717) is 35.9 Å². The Labute approximate surface area is 117 Å². The van der Waals surface area contributed by atoms with E-state index in [0.717, 1.165) is 0 Å². The molecule has 108 valence electrons. The van der Waals surface area contributed by atoms with Gasteiger partial charge in [-0.15, -0.1) is 0 Å². The van der Waals surface area contributed by atoms with Crippen LogP contribution in [0.4, 0.5) is 11.7 Å². The second kappa shape index (κ2) is 5.81. The number of amides is 1. The highest BCUT2D eigenvalue weighted by molar-refractivity contribution is 5.87. The van der Waals surface area contributed by atoms with Gasteiger partial charge in [-0.2, -0.15) is 4.98 Å². The number of hydrogen-bond donors (Lipinski definition) is 2. The van der Waals surface area contributed by atoms with Gasteiger partial charge in [0.15, 0.2) is 5.58 Å². The number of nitrogens with two attached hydrogens (primary N) is 1.